The largest absolute Gasteiger partial charge is 0.480 e. The highest BCUT2D eigenvalue weighted by Crippen LogP contribution is 2.19. The first kappa shape index (κ1) is 26.3. The lowest BCUT2D eigenvalue weighted by atomic mass is 10.0. The maximum absolute atomic E-state index is 12.9. The minimum Gasteiger partial charge on any atom is -0.480 e. The molecule has 0 aliphatic heterocycles. The second kappa shape index (κ2) is 11.8. The van der Waals surface area contributed by atoms with Crippen molar-refractivity contribution in [3.63, 3.8) is 0 Å². The highest BCUT2D eigenvalue weighted by Gasteiger charge is 2.32. The van der Waals surface area contributed by atoms with Gasteiger partial charge in [0.25, 0.3) is 0 Å². The number of nitrogens with one attached hydrogen (secondary N) is 4. The second-order valence-electron chi connectivity index (χ2n) is 8.19. The number of fused-ring (bicyclic) bond motifs is 1. The number of hydrogen-bond acceptors (Lipinski definition) is 6. The molecule has 184 valence electrons. The number of aliphatic carboxylic acids is 1. The van der Waals surface area contributed by atoms with E-state index >= 15 is 0 Å². The molecule has 34 heavy (non-hydrogen) atoms. The maximum Gasteiger partial charge on any atom is 0.326 e. The minimum absolute atomic E-state index is 0.0382. The van der Waals surface area contributed by atoms with Crippen LogP contribution in [-0.4, -0.2) is 64.4 Å². The van der Waals surface area contributed by atoms with E-state index in [1.165, 1.54) is 0 Å². The molecule has 3 unspecified atom stereocenters. The smallest absolute Gasteiger partial charge is 0.326 e. The molecule has 0 fully saturated rings. The molecule has 1 aromatic carbocycles. The highest BCUT2D eigenvalue weighted by atomic mass is 16.4. The zero-order valence-corrected chi connectivity index (χ0v) is 19.0. The fourth-order valence-electron chi connectivity index (χ4n) is 3.43. The van der Waals surface area contributed by atoms with Crippen molar-refractivity contribution in [2.75, 3.05) is 6.54 Å². The summed E-state index contributed by atoms with van der Waals surface area (Å²) in [5.41, 5.74) is 12.0. The van der Waals surface area contributed by atoms with Gasteiger partial charge in [0, 0.05) is 23.5 Å². The van der Waals surface area contributed by atoms with E-state index in [4.69, 9.17) is 11.5 Å². The van der Waals surface area contributed by atoms with Crippen molar-refractivity contribution in [2.24, 2.45) is 17.4 Å². The second-order valence-corrected chi connectivity index (χ2v) is 8.19. The van der Waals surface area contributed by atoms with Gasteiger partial charge in [-0.15, -0.1) is 0 Å². The summed E-state index contributed by atoms with van der Waals surface area (Å²) in [5.74, 6) is -4.74. The molecule has 1 aromatic heterocycles. The summed E-state index contributed by atoms with van der Waals surface area (Å²) in [4.78, 5) is 63.7. The van der Waals surface area contributed by atoms with Gasteiger partial charge in [-0.25, -0.2) is 4.79 Å². The standard InChI is InChI=1S/C22H30N6O6/c1-11(2)19(28-18(30)9-23)21(32)26-15(8-17(24)29)20(31)27-16(22(33)34)7-12-10-25-14-6-4-3-5-13(12)14/h3-6,10-11,15-16,19,25H,7-9,23H2,1-2H3,(H2,24,29)(H,26,32)(H,27,31)(H,28,30)(H,33,34). The van der Waals surface area contributed by atoms with Crippen LogP contribution < -0.4 is 27.4 Å². The van der Waals surface area contributed by atoms with Crippen LogP contribution in [0.15, 0.2) is 30.5 Å². The Balaban J connectivity index is 2.18. The molecule has 0 saturated carbocycles. The van der Waals surface area contributed by atoms with Gasteiger partial charge in [0.05, 0.1) is 13.0 Å². The number of carbonyl (C=O) groups excluding carboxylic acids is 4. The molecule has 0 spiro atoms. The molecule has 0 bridgehead atoms. The molecule has 0 aliphatic carbocycles. The monoisotopic (exact) mass is 474 g/mol. The number of aromatic nitrogens is 1. The van der Waals surface area contributed by atoms with Crippen LogP contribution in [-0.2, 0) is 30.4 Å². The quantitative estimate of drug-likeness (QED) is 0.198. The van der Waals surface area contributed by atoms with Crippen molar-refractivity contribution in [3.05, 3.63) is 36.0 Å². The van der Waals surface area contributed by atoms with Crippen LogP contribution in [0, 0.1) is 5.92 Å². The summed E-state index contributed by atoms with van der Waals surface area (Å²) < 4.78 is 0. The van der Waals surface area contributed by atoms with Gasteiger partial charge in [-0.05, 0) is 17.5 Å². The summed E-state index contributed by atoms with van der Waals surface area (Å²) in [5, 5.41) is 17.7. The van der Waals surface area contributed by atoms with E-state index in [2.05, 4.69) is 20.9 Å². The molecule has 1 heterocycles. The summed E-state index contributed by atoms with van der Waals surface area (Å²) >= 11 is 0. The van der Waals surface area contributed by atoms with Crippen LogP contribution in [0.3, 0.4) is 0 Å². The van der Waals surface area contributed by atoms with Gasteiger partial charge in [0.1, 0.15) is 18.1 Å². The van der Waals surface area contributed by atoms with Gasteiger partial charge in [0.15, 0.2) is 0 Å². The lowest BCUT2D eigenvalue weighted by Gasteiger charge is -2.25. The van der Waals surface area contributed by atoms with Gasteiger partial charge in [0.2, 0.25) is 23.6 Å². The number of carboxylic acid groups (broad SMARTS) is 1. The van der Waals surface area contributed by atoms with Crippen LogP contribution in [0.2, 0.25) is 0 Å². The Morgan fingerprint density at radius 3 is 2.24 bits per heavy atom. The normalized spacial score (nSPS) is 13.6. The van der Waals surface area contributed by atoms with Crippen LogP contribution in [0.1, 0.15) is 25.8 Å². The fourth-order valence-corrected chi connectivity index (χ4v) is 3.43. The Kier molecular flexibility index (Phi) is 9.13. The predicted molar refractivity (Wildman–Crippen MR) is 123 cm³/mol. The SMILES string of the molecule is CC(C)C(NC(=O)CN)C(=O)NC(CC(N)=O)C(=O)NC(Cc1c[nH]c2ccccc12)C(=O)O. The average Bonchev–Trinajstić information content (AvgIpc) is 3.18. The van der Waals surface area contributed by atoms with E-state index in [-0.39, 0.29) is 18.9 Å². The molecular formula is C22H30N6O6. The van der Waals surface area contributed by atoms with Crippen LogP contribution >= 0.6 is 0 Å². The summed E-state index contributed by atoms with van der Waals surface area (Å²) in [7, 11) is 0. The Labute approximate surface area is 195 Å². The number of carbonyl (C=O) groups is 5. The van der Waals surface area contributed by atoms with Crippen molar-refractivity contribution < 1.29 is 29.1 Å². The van der Waals surface area contributed by atoms with Crippen molar-refractivity contribution in [1.29, 1.82) is 0 Å². The summed E-state index contributed by atoms with van der Waals surface area (Å²) in [6.07, 6.45) is 1.05. The Morgan fingerprint density at radius 1 is 1.00 bits per heavy atom. The summed E-state index contributed by atoms with van der Waals surface area (Å²) in [6.45, 7) is 3.01. The molecule has 2 aromatic rings. The molecule has 0 aliphatic rings. The Morgan fingerprint density at radius 2 is 1.65 bits per heavy atom. The Bertz CT molecular complexity index is 1070. The van der Waals surface area contributed by atoms with E-state index in [1.807, 2.05) is 18.2 Å². The molecular weight excluding hydrogens is 444 g/mol. The fraction of sp³-hybridized carbons (Fsp3) is 0.409. The van der Waals surface area contributed by atoms with Crippen molar-refractivity contribution in [2.45, 2.75) is 44.8 Å². The number of primary amides is 1. The molecule has 12 nitrogen and oxygen atoms in total. The van der Waals surface area contributed by atoms with E-state index in [0.29, 0.717) is 5.56 Å². The number of aromatic amines is 1. The molecule has 0 radical (unpaired) electrons. The third-order valence-corrected chi connectivity index (χ3v) is 5.20. The van der Waals surface area contributed by atoms with Crippen molar-refractivity contribution in [1.82, 2.24) is 20.9 Å². The number of hydrogen-bond donors (Lipinski definition) is 7. The zero-order chi connectivity index (χ0) is 25.4. The van der Waals surface area contributed by atoms with Crippen LogP contribution in [0.5, 0.6) is 0 Å². The number of rotatable bonds is 12. The first-order valence-electron chi connectivity index (χ1n) is 10.7. The Hall–Kier alpha value is -3.93. The van der Waals surface area contributed by atoms with Gasteiger partial charge < -0.3 is 37.5 Å². The predicted octanol–water partition coefficient (Wildman–Crippen LogP) is -1.26. The number of benzene rings is 1. The first-order chi connectivity index (χ1) is 16.0. The van der Waals surface area contributed by atoms with E-state index in [1.54, 1.807) is 26.1 Å². The van der Waals surface area contributed by atoms with E-state index < -0.39 is 54.1 Å². The first-order valence-corrected chi connectivity index (χ1v) is 10.7. The third-order valence-electron chi connectivity index (χ3n) is 5.20. The van der Waals surface area contributed by atoms with Gasteiger partial charge in [-0.1, -0.05) is 32.0 Å². The van der Waals surface area contributed by atoms with Gasteiger partial charge in [-0.3, -0.25) is 19.2 Å². The average molecular weight is 475 g/mol. The lowest BCUT2D eigenvalue weighted by Crippen LogP contribution is -2.58. The summed E-state index contributed by atoms with van der Waals surface area (Å²) in [6, 6.07) is 3.49. The topological polar surface area (TPSA) is 209 Å². The van der Waals surface area contributed by atoms with Gasteiger partial charge in [-0.2, -0.15) is 0 Å². The molecule has 9 N–H and O–H groups in total. The number of H-pyrrole nitrogens is 1. The molecule has 3 atom stereocenters. The lowest BCUT2D eigenvalue weighted by molar-refractivity contribution is -0.142. The number of nitrogens with two attached hydrogens (primary N) is 2. The van der Waals surface area contributed by atoms with Crippen molar-refractivity contribution in [3.8, 4) is 0 Å². The van der Waals surface area contributed by atoms with Gasteiger partial charge >= 0.3 is 5.97 Å². The van der Waals surface area contributed by atoms with E-state index in [9.17, 15) is 29.1 Å². The molecule has 0 saturated heterocycles. The molecule has 4 amide bonds. The number of carboxylic acids is 1. The van der Waals surface area contributed by atoms with Crippen LogP contribution in [0.4, 0.5) is 0 Å². The third kappa shape index (κ3) is 7.04. The highest BCUT2D eigenvalue weighted by molar-refractivity contribution is 5.96. The maximum atomic E-state index is 12.9. The zero-order valence-electron chi connectivity index (χ0n) is 19.0. The van der Waals surface area contributed by atoms with E-state index in [0.717, 1.165) is 10.9 Å². The van der Waals surface area contributed by atoms with Crippen LogP contribution in [0.25, 0.3) is 10.9 Å². The minimum atomic E-state index is -1.44. The molecule has 12 heteroatoms. The van der Waals surface area contributed by atoms with Crippen molar-refractivity contribution >= 4 is 40.5 Å². The number of amides is 4. The number of para-hydroxylation sites is 1. The molecule has 2 rings (SSSR count).